The molecule has 61 heavy (non-hydrogen) atoms. The highest BCUT2D eigenvalue weighted by molar-refractivity contribution is 7.86. The van der Waals surface area contributed by atoms with Gasteiger partial charge in [0.1, 0.15) is 22.9 Å². The molecule has 24 nitrogen and oxygen atoms in total. The minimum absolute atomic E-state index is 0.0209. The average molecular weight is 923 g/mol. The Morgan fingerprint density at radius 1 is 0.541 bits per heavy atom. The topological polar surface area (TPSA) is 370 Å². The lowest BCUT2D eigenvalue weighted by Gasteiger charge is -2.09. The summed E-state index contributed by atoms with van der Waals surface area (Å²) in [5.41, 5.74) is 0.750. The highest BCUT2D eigenvalue weighted by Gasteiger charge is 2.12. The number of hydrogen-bond acceptors (Lipinski definition) is 17. The van der Waals surface area contributed by atoms with Crippen LogP contribution in [0.1, 0.15) is 6.42 Å². The van der Waals surface area contributed by atoms with Crippen molar-refractivity contribution in [3.63, 3.8) is 0 Å². The van der Waals surface area contributed by atoms with Gasteiger partial charge in [-0.05, 0) is 67.1 Å². The molecule has 0 aliphatic carbocycles. The lowest BCUT2D eigenvalue weighted by Crippen LogP contribution is -2.37. The SMILES string of the molecule is COc1cc(N=Nc2cccc(S(=O)(=O)O)c2)ccc1N=c1[nH]c(=NCCS(=O)(=O)O)[nH]c(=Nc2ccc(N=Nc3cccc(S(=O)(=O)O)c3)cc2OCCCS(=O)(=O)O)[nH]1. The van der Waals surface area contributed by atoms with Crippen molar-refractivity contribution < 1.29 is 61.4 Å². The first-order valence-electron chi connectivity index (χ1n) is 17.0. The van der Waals surface area contributed by atoms with E-state index in [2.05, 4.69) is 50.4 Å². The molecule has 0 saturated heterocycles. The smallest absolute Gasteiger partial charge is 0.294 e. The molecular weight excluding hydrogens is 889 g/mol. The number of benzene rings is 4. The number of aromatic nitrogens is 3. The molecule has 0 unspecified atom stereocenters. The maximum Gasteiger partial charge on any atom is 0.294 e. The minimum atomic E-state index is -4.52. The lowest BCUT2D eigenvalue weighted by molar-refractivity contribution is 0.317. The first kappa shape index (κ1) is 45.8. The Morgan fingerprint density at radius 3 is 1.44 bits per heavy atom. The predicted octanol–water partition coefficient (Wildman–Crippen LogP) is 3.91. The molecule has 0 atom stereocenters. The van der Waals surface area contributed by atoms with Crippen molar-refractivity contribution >= 4 is 74.6 Å². The monoisotopic (exact) mass is 922 g/mol. The van der Waals surface area contributed by atoms with Gasteiger partial charge in [-0.25, -0.2) is 9.98 Å². The third-order valence-electron chi connectivity index (χ3n) is 7.50. The van der Waals surface area contributed by atoms with Crippen molar-refractivity contribution in [2.75, 3.05) is 31.8 Å². The summed E-state index contributed by atoms with van der Waals surface area (Å²) in [5.74, 6) is -1.14. The van der Waals surface area contributed by atoms with Gasteiger partial charge in [0, 0.05) is 12.1 Å². The average Bonchev–Trinajstić information content (AvgIpc) is 3.17. The first-order valence-corrected chi connectivity index (χ1v) is 23.1. The summed E-state index contributed by atoms with van der Waals surface area (Å²) in [7, 11) is -16.3. The molecule has 0 aliphatic rings. The third kappa shape index (κ3) is 14.8. The van der Waals surface area contributed by atoms with Crippen molar-refractivity contribution in [1.29, 1.82) is 0 Å². The summed E-state index contributed by atoms with van der Waals surface area (Å²) in [4.78, 5) is 20.9. The Labute approximate surface area is 346 Å². The molecule has 7 N–H and O–H groups in total. The van der Waals surface area contributed by atoms with Crippen molar-refractivity contribution in [3.05, 3.63) is 102 Å². The normalized spacial score (nSPS) is 13.7. The van der Waals surface area contributed by atoms with Gasteiger partial charge in [-0.1, -0.05) is 12.1 Å². The van der Waals surface area contributed by atoms with Crippen molar-refractivity contribution in [3.8, 4) is 11.5 Å². The van der Waals surface area contributed by atoms with Crippen LogP contribution in [-0.4, -0.2) is 98.6 Å². The van der Waals surface area contributed by atoms with Crippen molar-refractivity contribution in [2.24, 2.45) is 35.4 Å². The van der Waals surface area contributed by atoms with Crippen LogP contribution < -0.4 is 26.3 Å². The maximum absolute atomic E-state index is 11.6. The molecule has 0 aliphatic heterocycles. The first-order chi connectivity index (χ1) is 28.6. The summed E-state index contributed by atoms with van der Waals surface area (Å²) in [6.07, 6.45) is -0.131. The van der Waals surface area contributed by atoms with E-state index in [1.807, 2.05) is 0 Å². The van der Waals surface area contributed by atoms with Gasteiger partial charge < -0.3 is 9.47 Å². The Kier molecular flexibility index (Phi) is 14.6. The second kappa shape index (κ2) is 19.4. The Bertz CT molecular complexity index is 3160. The standard InChI is InChI=1S/C33H34N10O14S4/c1-56-29-19-23(42-40-21-5-2-7-25(17-21)60(50,51)52)9-11-27(29)35-32-37-31(34-13-16-59(47,48)49)38-33(39-32)36-28-12-10-24(20-30(28)57-14-4-15-58(44,45)46)43-41-22-6-3-8-26(18-22)61(53,54)55/h2-3,5-12,17-20H,4,13-16H2,1H3,(H,44,45,46)(H,47,48,49)(H,50,51,52)(H,53,54,55)(H3,34,35,36,37,38,39). The predicted molar refractivity (Wildman–Crippen MR) is 214 cm³/mol. The number of ether oxygens (including phenoxy) is 2. The summed E-state index contributed by atoms with van der Waals surface area (Å²) in [6, 6.07) is 18.9. The van der Waals surface area contributed by atoms with Gasteiger partial charge in [0.25, 0.3) is 40.5 Å². The molecule has 1 aromatic heterocycles. The Balaban J connectivity index is 1.57. The molecule has 0 saturated carbocycles. The second-order valence-corrected chi connectivity index (χ2v) is 18.1. The lowest BCUT2D eigenvalue weighted by atomic mass is 10.2. The number of methoxy groups -OCH3 is 1. The van der Waals surface area contributed by atoms with E-state index in [4.69, 9.17) is 14.0 Å². The minimum Gasteiger partial charge on any atom is -0.494 e. The fourth-order valence-corrected chi connectivity index (χ4v) is 6.64. The van der Waals surface area contributed by atoms with Gasteiger partial charge in [0.15, 0.2) is 0 Å². The van der Waals surface area contributed by atoms with Crippen LogP contribution in [0.3, 0.4) is 0 Å². The number of azo groups is 2. The van der Waals surface area contributed by atoms with Gasteiger partial charge in [-0.2, -0.15) is 54.1 Å². The van der Waals surface area contributed by atoms with E-state index in [-0.39, 0.29) is 80.4 Å². The van der Waals surface area contributed by atoms with E-state index in [0.29, 0.717) is 0 Å². The molecule has 324 valence electrons. The number of nitrogens with zero attached hydrogens (tertiary/aromatic N) is 7. The number of H-pyrrole nitrogens is 3. The number of rotatable bonds is 17. The van der Waals surface area contributed by atoms with Crippen LogP contribution in [0.5, 0.6) is 11.5 Å². The Morgan fingerprint density at radius 2 is 0.984 bits per heavy atom. The van der Waals surface area contributed by atoms with E-state index >= 15 is 0 Å². The molecule has 0 radical (unpaired) electrons. The van der Waals surface area contributed by atoms with Crippen LogP contribution in [0.2, 0.25) is 0 Å². The van der Waals surface area contributed by atoms with Gasteiger partial charge in [-0.15, -0.1) is 0 Å². The van der Waals surface area contributed by atoms with Gasteiger partial charge in [0.2, 0.25) is 16.9 Å². The van der Waals surface area contributed by atoms with E-state index in [9.17, 15) is 47.3 Å². The largest absolute Gasteiger partial charge is 0.494 e. The zero-order chi connectivity index (χ0) is 44.4. The second-order valence-electron chi connectivity index (χ2n) is 12.2. The van der Waals surface area contributed by atoms with Crippen LogP contribution in [0.15, 0.2) is 130 Å². The molecule has 5 aromatic rings. The van der Waals surface area contributed by atoms with Crippen LogP contribution in [0.4, 0.5) is 34.1 Å². The van der Waals surface area contributed by atoms with Crippen molar-refractivity contribution in [1.82, 2.24) is 15.0 Å². The summed E-state index contributed by atoms with van der Waals surface area (Å²) < 4.78 is 140. The fourth-order valence-electron chi connectivity index (χ4n) is 4.80. The fraction of sp³-hybridized carbons (Fsp3) is 0.182. The molecule has 28 heteroatoms. The molecule has 0 fully saturated rings. The van der Waals surface area contributed by atoms with Crippen LogP contribution in [0.25, 0.3) is 0 Å². The molecular formula is C33H34N10O14S4. The highest BCUT2D eigenvalue weighted by atomic mass is 32.2. The molecule has 1 heterocycles. The number of nitrogens with one attached hydrogen (secondary N) is 3. The molecule has 0 spiro atoms. The summed E-state index contributed by atoms with van der Waals surface area (Å²) in [5, 5.41) is 16.2. The van der Waals surface area contributed by atoms with Crippen LogP contribution in [-0.2, 0) is 40.5 Å². The van der Waals surface area contributed by atoms with E-state index < -0.39 is 63.4 Å². The number of hydrogen-bond donors (Lipinski definition) is 7. The van der Waals surface area contributed by atoms with Crippen LogP contribution >= 0.6 is 0 Å². The number of aromatic amines is 3. The third-order valence-corrected chi connectivity index (χ3v) is 10.7. The van der Waals surface area contributed by atoms with Crippen molar-refractivity contribution in [2.45, 2.75) is 16.2 Å². The highest BCUT2D eigenvalue weighted by Crippen LogP contribution is 2.34. The van der Waals surface area contributed by atoms with Gasteiger partial charge in [-0.3, -0.25) is 38.2 Å². The molecule has 5 rings (SSSR count). The molecule has 4 aromatic carbocycles. The van der Waals surface area contributed by atoms with E-state index in [0.717, 1.165) is 18.2 Å². The summed E-state index contributed by atoms with van der Waals surface area (Å²) >= 11 is 0. The van der Waals surface area contributed by atoms with E-state index in [1.165, 1.54) is 73.8 Å². The van der Waals surface area contributed by atoms with Crippen LogP contribution in [0, 0.1) is 0 Å². The van der Waals surface area contributed by atoms with Gasteiger partial charge >= 0.3 is 0 Å². The zero-order valence-electron chi connectivity index (χ0n) is 31.3. The van der Waals surface area contributed by atoms with Gasteiger partial charge in [0.05, 0.1) is 64.3 Å². The molecule has 0 amide bonds. The summed E-state index contributed by atoms with van der Waals surface area (Å²) in [6.45, 7) is -0.627. The quantitative estimate of drug-likeness (QED) is 0.0395. The van der Waals surface area contributed by atoms with E-state index in [1.54, 1.807) is 0 Å². The Hall–Kier alpha value is -6.27. The molecule has 0 bridgehead atoms. The zero-order valence-corrected chi connectivity index (χ0v) is 34.5. The maximum atomic E-state index is 11.6.